The third-order valence-corrected chi connectivity index (χ3v) is 7.88. The van der Waals surface area contributed by atoms with Gasteiger partial charge in [0.25, 0.3) is 11.5 Å². The van der Waals surface area contributed by atoms with Gasteiger partial charge in [0.15, 0.2) is 0 Å². The van der Waals surface area contributed by atoms with Crippen LogP contribution in [0.1, 0.15) is 48.4 Å². The molecule has 9 nitrogen and oxygen atoms in total. The van der Waals surface area contributed by atoms with Crippen molar-refractivity contribution in [3.8, 4) is 11.3 Å². The van der Waals surface area contributed by atoms with E-state index in [2.05, 4.69) is 28.7 Å². The quantitative estimate of drug-likeness (QED) is 0.385. The second-order valence-corrected chi connectivity index (χ2v) is 11.9. The summed E-state index contributed by atoms with van der Waals surface area (Å²) in [6.45, 7) is 6.44. The molecule has 2 aliphatic rings. The van der Waals surface area contributed by atoms with Gasteiger partial charge < -0.3 is 14.8 Å². The molecule has 0 atom stereocenters. The standard InChI is InChI=1S/C30H31ClN6O3/c1-30(2)17-36(18-30)26(38)16-37-27-20(11-21(14-32-27)24-15-35-10-4-3-5-25(35)34-24)12-23(29(37)40)28(39)33-13-19-6-8-22(31)9-7-19/h6-9,11-12,14-15H,3-5,10,13,16-18H2,1-2H3,(H,33,39). The average molecular weight is 559 g/mol. The van der Waals surface area contributed by atoms with E-state index in [0.717, 1.165) is 48.5 Å². The molecule has 0 radical (unpaired) electrons. The summed E-state index contributed by atoms with van der Waals surface area (Å²) in [5.41, 5.74) is 2.28. The molecule has 1 saturated heterocycles. The largest absolute Gasteiger partial charge is 0.348 e. The van der Waals surface area contributed by atoms with Gasteiger partial charge in [-0.25, -0.2) is 9.97 Å². The molecule has 0 spiro atoms. The normalized spacial score (nSPS) is 15.9. The Morgan fingerprint density at radius 1 is 1.10 bits per heavy atom. The Labute approximate surface area is 236 Å². The monoisotopic (exact) mass is 558 g/mol. The average Bonchev–Trinajstić information content (AvgIpc) is 3.36. The zero-order chi connectivity index (χ0) is 28.0. The van der Waals surface area contributed by atoms with Crippen LogP contribution >= 0.6 is 11.6 Å². The predicted molar refractivity (Wildman–Crippen MR) is 153 cm³/mol. The van der Waals surface area contributed by atoms with E-state index in [9.17, 15) is 14.4 Å². The van der Waals surface area contributed by atoms with Crippen LogP contribution in [0.3, 0.4) is 0 Å². The summed E-state index contributed by atoms with van der Waals surface area (Å²) in [6, 6.07) is 10.6. The minimum atomic E-state index is -0.549. The summed E-state index contributed by atoms with van der Waals surface area (Å²) in [5.74, 6) is 0.363. The van der Waals surface area contributed by atoms with Gasteiger partial charge in [0.05, 0.1) is 5.69 Å². The first-order valence-corrected chi connectivity index (χ1v) is 14.0. The van der Waals surface area contributed by atoms with Gasteiger partial charge in [-0.15, -0.1) is 0 Å². The summed E-state index contributed by atoms with van der Waals surface area (Å²) in [5, 5.41) is 4.02. The lowest BCUT2D eigenvalue weighted by atomic mass is 9.84. The number of carbonyl (C=O) groups excluding carboxylic acids is 2. The van der Waals surface area contributed by atoms with E-state index in [1.165, 1.54) is 4.57 Å². The molecule has 6 rings (SSSR count). The number of fused-ring (bicyclic) bond motifs is 2. The molecule has 4 aromatic rings. The maximum absolute atomic E-state index is 13.6. The highest BCUT2D eigenvalue weighted by molar-refractivity contribution is 6.30. The first-order chi connectivity index (χ1) is 19.2. The molecule has 1 aromatic carbocycles. The summed E-state index contributed by atoms with van der Waals surface area (Å²) >= 11 is 5.97. The number of amides is 2. The second-order valence-electron chi connectivity index (χ2n) is 11.5. The SMILES string of the molecule is CC1(C)CN(C(=O)Cn2c(=O)c(C(=O)NCc3ccc(Cl)cc3)cc3cc(-c4cn5c(n4)CCCC5)cnc32)C1. The summed E-state index contributed by atoms with van der Waals surface area (Å²) in [6.07, 6.45) is 6.90. The molecule has 3 aromatic heterocycles. The van der Waals surface area contributed by atoms with E-state index in [1.807, 2.05) is 24.4 Å². The Morgan fingerprint density at radius 3 is 2.60 bits per heavy atom. The van der Waals surface area contributed by atoms with Gasteiger partial charge in [-0.1, -0.05) is 37.6 Å². The number of carbonyl (C=O) groups is 2. The van der Waals surface area contributed by atoms with Crippen molar-refractivity contribution in [2.24, 2.45) is 5.41 Å². The van der Waals surface area contributed by atoms with Crippen molar-refractivity contribution in [2.45, 2.75) is 52.7 Å². The summed E-state index contributed by atoms with van der Waals surface area (Å²) in [4.78, 5) is 51.2. The number of likely N-dealkylation sites (tertiary alicyclic amines) is 1. The van der Waals surface area contributed by atoms with Crippen LogP contribution in [0.25, 0.3) is 22.3 Å². The molecule has 5 heterocycles. The fraction of sp³-hybridized carbons (Fsp3) is 0.367. The van der Waals surface area contributed by atoms with Gasteiger partial charge in [0, 0.05) is 61.0 Å². The highest BCUT2D eigenvalue weighted by atomic mass is 35.5. The second kappa shape index (κ2) is 10.2. The molecule has 2 aliphatic heterocycles. The van der Waals surface area contributed by atoms with Gasteiger partial charge in [-0.05, 0) is 48.1 Å². The van der Waals surface area contributed by atoms with Crippen LogP contribution < -0.4 is 10.9 Å². The first-order valence-electron chi connectivity index (χ1n) is 13.6. The van der Waals surface area contributed by atoms with E-state index < -0.39 is 11.5 Å². The lowest BCUT2D eigenvalue weighted by Crippen LogP contribution is -2.56. The number of nitrogens with one attached hydrogen (secondary N) is 1. The Morgan fingerprint density at radius 2 is 1.88 bits per heavy atom. The van der Waals surface area contributed by atoms with Crippen molar-refractivity contribution < 1.29 is 9.59 Å². The Balaban J connectivity index is 1.36. The third-order valence-electron chi connectivity index (χ3n) is 7.63. The lowest BCUT2D eigenvalue weighted by Gasteiger charge is -2.45. The Hall–Kier alpha value is -3.98. The van der Waals surface area contributed by atoms with Gasteiger partial charge >= 0.3 is 0 Å². The molecule has 0 saturated carbocycles. The van der Waals surface area contributed by atoms with Crippen LogP contribution in [-0.2, 0) is 30.8 Å². The molecule has 2 amide bonds. The smallest absolute Gasteiger partial charge is 0.265 e. The van der Waals surface area contributed by atoms with Crippen molar-refractivity contribution in [3.05, 3.63) is 81.1 Å². The molecule has 0 aliphatic carbocycles. The van der Waals surface area contributed by atoms with Crippen LogP contribution in [-0.4, -0.2) is 48.9 Å². The highest BCUT2D eigenvalue weighted by Gasteiger charge is 2.37. The number of benzene rings is 1. The molecule has 0 bridgehead atoms. The molecule has 1 N–H and O–H groups in total. The van der Waals surface area contributed by atoms with Gasteiger partial charge in [0.2, 0.25) is 5.91 Å². The molecular weight excluding hydrogens is 528 g/mol. The van der Waals surface area contributed by atoms with E-state index in [0.29, 0.717) is 29.1 Å². The molecule has 10 heteroatoms. The van der Waals surface area contributed by atoms with Crippen molar-refractivity contribution >= 4 is 34.4 Å². The molecular formula is C30H31ClN6O3. The fourth-order valence-corrected chi connectivity index (χ4v) is 5.67. The first kappa shape index (κ1) is 26.3. The Bertz CT molecular complexity index is 1660. The van der Waals surface area contributed by atoms with Gasteiger partial charge in [0.1, 0.15) is 23.6 Å². The number of aromatic nitrogens is 4. The highest BCUT2D eigenvalue weighted by Crippen LogP contribution is 2.29. The number of aryl methyl sites for hydroxylation is 2. The number of pyridine rings is 2. The summed E-state index contributed by atoms with van der Waals surface area (Å²) < 4.78 is 3.50. The fourth-order valence-electron chi connectivity index (χ4n) is 5.54. The number of rotatable bonds is 6. The molecule has 40 heavy (non-hydrogen) atoms. The van der Waals surface area contributed by atoms with Crippen LogP contribution in [0.2, 0.25) is 5.02 Å². The van der Waals surface area contributed by atoms with E-state index in [4.69, 9.17) is 16.6 Å². The molecule has 206 valence electrons. The maximum Gasteiger partial charge on any atom is 0.265 e. The Kier molecular flexibility index (Phi) is 6.70. The summed E-state index contributed by atoms with van der Waals surface area (Å²) in [7, 11) is 0. The van der Waals surface area contributed by atoms with Crippen molar-refractivity contribution in [3.63, 3.8) is 0 Å². The van der Waals surface area contributed by atoms with Crippen LogP contribution in [0.5, 0.6) is 0 Å². The van der Waals surface area contributed by atoms with Crippen molar-refractivity contribution in [1.82, 2.24) is 29.3 Å². The number of hydrogen-bond acceptors (Lipinski definition) is 5. The number of imidazole rings is 1. The minimum absolute atomic E-state index is 0.0405. The van der Waals surface area contributed by atoms with E-state index in [1.54, 1.807) is 29.3 Å². The van der Waals surface area contributed by atoms with Crippen LogP contribution in [0, 0.1) is 5.41 Å². The predicted octanol–water partition coefficient (Wildman–Crippen LogP) is 4.05. The van der Waals surface area contributed by atoms with Crippen LogP contribution in [0.15, 0.2) is 53.6 Å². The maximum atomic E-state index is 13.6. The van der Waals surface area contributed by atoms with Crippen LogP contribution in [0.4, 0.5) is 0 Å². The number of hydrogen-bond donors (Lipinski definition) is 1. The number of nitrogens with zero attached hydrogens (tertiary/aromatic N) is 5. The minimum Gasteiger partial charge on any atom is -0.348 e. The van der Waals surface area contributed by atoms with E-state index in [-0.39, 0.29) is 30.0 Å². The molecule has 1 fully saturated rings. The third kappa shape index (κ3) is 5.13. The van der Waals surface area contributed by atoms with Gasteiger partial charge in [-0.3, -0.25) is 19.0 Å². The van der Waals surface area contributed by atoms with Gasteiger partial charge in [-0.2, -0.15) is 0 Å². The zero-order valence-corrected chi connectivity index (χ0v) is 23.4. The van der Waals surface area contributed by atoms with E-state index >= 15 is 0 Å². The zero-order valence-electron chi connectivity index (χ0n) is 22.6. The number of halogens is 1. The lowest BCUT2D eigenvalue weighted by molar-refractivity contribution is -0.142. The topological polar surface area (TPSA) is 102 Å². The van der Waals surface area contributed by atoms with Crippen molar-refractivity contribution in [1.29, 1.82) is 0 Å². The van der Waals surface area contributed by atoms with Crippen molar-refractivity contribution in [2.75, 3.05) is 13.1 Å². The molecule has 0 unspecified atom stereocenters.